The normalized spacial score (nSPS) is 19.3. The van der Waals surface area contributed by atoms with Gasteiger partial charge in [-0.25, -0.2) is 4.98 Å². The minimum absolute atomic E-state index is 0.152. The molecule has 1 aromatic heterocycles. The van der Waals surface area contributed by atoms with E-state index in [1.165, 1.54) is 16.3 Å². The van der Waals surface area contributed by atoms with E-state index in [-0.39, 0.29) is 5.41 Å². The zero-order valence-electron chi connectivity index (χ0n) is 13.5. The van der Waals surface area contributed by atoms with Crippen LogP contribution in [0.25, 0.3) is 0 Å². The monoisotopic (exact) mass is 312 g/mol. The summed E-state index contributed by atoms with van der Waals surface area (Å²) in [6.07, 6.45) is 5.70. The van der Waals surface area contributed by atoms with Crippen molar-refractivity contribution in [2.45, 2.75) is 58.1 Å². The Balaban J connectivity index is 1.50. The second-order valence-electron chi connectivity index (χ2n) is 6.62. The van der Waals surface area contributed by atoms with Gasteiger partial charge in [0.15, 0.2) is 0 Å². The maximum absolute atomic E-state index is 5.64. The molecule has 0 radical (unpaired) electrons. The van der Waals surface area contributed by atoms with Gasteiger partial charge in [0.2, 0.25) is 0 Å². The van der Waals surface area contributed by atoms with Crippen LogP contribution >= 0.6 is 11.3 Å². The van der Waals surface area contributed by atoms with E-state index in [4.69, 9.17) is 9.47 Å². The van der Waals surface area contributed by atoms with Crippen LogP contribution in [0.2, 0.25) is 0 Å². The van der Waals surface area contributed by atoms with E-state index < -0.39 is 0 Å². The van der Waals surface area contributed by atoms with Gasteiger partial charge in [-0.05, 0) is 25.8 Å². The first-order valence-electron chi connectivity index (χ1n) is 7.91. The lowest BCUT2D eigenvalue weighted by Gasteiger charge is -2.13. The Kier molecular flexibility index (Phi) is 6.61. The minimum Gasteiger partial charge on any atom is -0.379 e. The number of rotatable bonds is 8. The third kappa shape index (κ3) is 6.02. The molecule has 1 fully saturated rings. The summed E-state index contributed by atoms with van der Waals surface area (Å²) in [5, 5.41) is 4.66. The summed E-state index contributed by atoms with van der Waals surface area (Å²) >= 11 is 1.80. The number of nitrogens with zero attached hydrogens (tertiary/aromatic N) is 1. The summed E-state index contributed by atoms with van der Waals surface area (Å²) in [6.45, 7) is 11.0. The highest BCUT2D eigenvalue weighted by Gasteiger charge is 2.17. The number of aromatic nitrogens is 1. The number of hydrogen-bond donors (Lipinski definition) is 1. The molecule has 0 amide bonds. The van der Waals surface area contributed by atoms with Crippen molar-refractivity contribution in [3.05, 3.63) is 16.1 Å². The van der Waals surface area contributed by atoms with Gasteiger partial charge in [-0.3, -0.25) is 0 Å². The first kappa shape index (κ1) is 16.9. The molecule has 2 heterocycles. The molecular weight excluding hydrogens is 284 g/mol. The van der Waals surface area contributed by atoms with E-state index in [0.717, 1.165) is 45.8 Å². The molecule has 0 saturated carbocycles. The van der Waals surface area contributed by atoms with Crippen LogP contribution in [0.1, 0.15) is 49.9 Å². The van der Waals surface area contributed by atoms with Gasteiger partial charge < -0.3 is 14.8 Å². The van der Waals surface area contributed by atoms with Crippen LogP contribution in [0.3, 0.4) is 0 Å². The summed E-state index contributed by atoms with van der Waals surface area (Å²) in [7, 11) is 0. The highest BCUT2D eigenvalue weighted by Crippen LogP contribution is 2.26. The lowest BCUT2D eigenvalue weighted by molar-refractivity contribution is 0.0166. The molecule has 1 atom stereocenters. The molecule has 1 aliphatic rings. The molecule has 1 aromatic rings. The first-order chi connectivity index (χ1) is 10.1. The Labute approximate surface area is 132 Å². The number of ether oxygens (including phenoxy) is 2. The van der Waals surface area contributed by atoms with E-state index in [1.54, 1.807) is 11.3 Å². The molecule has 4 nitrogen and oxygen atoms in total. The summed E-state index contributed by atoms with van der Waals surface area (Å²) in [6, 6.07) is 0. The standard InChI is InChI=1S/C16H28N2O2S/c1-16(2,3)15-18-11-14(21-15)10-17-7-5-8-19-12-13-6-4-9-20-13/h11,13,17H,4-10,12H2,1-3H3. The van der Waals surface area contributed by atoms with Crippen molar-refractivity contribution < 1.29 is 9.47 Å². The van der Waals surface area contributed by atoms with Gasteiger partial charge in [0.25, 0.3) is 0 Å². The molecule has 5 heteroatoms. The second-order valence-corrected chi connectivity index (χ2v) is 7.74. The van der Waals surface area contributed by atoms with Gasteiger partial charge in [0.05, 0.1) is 17.7 Å². The minimum atomic E-state index is 0.152. The summed E-state index contributed by atoms with van der Waals surface area (Å²) in [5.41, 5.74) is 0.152. The summed E-state index contributed by atoms with van der Waals surface area (Å²) in [5.74, 6) is 0. The van der Waals surface area contributed by atoms with Gasteiger partial charge in [0.1, 0.15) is 0 Å². The van der Waals surface area contributed by atoms with Crippen molar-refractivity contribution in [2.75, 3.05) is 26.4 Å². The Morgan fingerprint density at radius 3 is 3.00 bits per heavy atom. The Hall–Kier alpha value is -0.490. The molecule has 1 aliphatic heterocycles. The fraction of sp³-hybridized carbons (Fsp3) is 0.812. The molecule has 120 valence electrons. The van der Waals surface area contributed by atoms with E-state index in [0.29, 0.717) is 6.10 Å². The largest absolute Gasteiger partial charge is 0.379 e. The van der Waals surface area contributed by atoms with Crippen LogP contribution in [0.15, 0.2) is 6.20 Å². The van der Waals surface area contributed by atoms with Crippen molar-refractivity contribution in [3.63, 3.8) is 0 Å². The van der Waals surface area contributed by atoms with Gasteiger partial charge in [-0.15, -0.1) is 11.3 Å². The van der Waals surface area contributed by atoms with Crippen LogP contribution in [0.5, 0.6) is 0 Å². The maximum Gasteiger partial charge on any atom is 0.0981 e. The zero-order valence-corrected chi connectivity index (χ0v) is 14.3. The van der Waals surface area contributed by atoms with Gasteiger partial charge in [-0.2, -0.15) is 0 Å². The second kappa shape index (κ2) is 8.22. The molecule has 21 heavy (non-hydrogen) atoms. The molecule has 1 N–H and O–H groups in total. The smallest absolute Gasteiger partial charge is 0.0981 e. The van der Waals surface area contributed by atoms with E-state index >= 15 is 0 Å². The predicted octanol–water partition coefficient (Wildman–Crippen LogP) is 3.12. The van der Waals surface area contributed by atoms with E-state index in [2.05, 4.69) is 31.1 Å². The Bertz CT molecular complexity index is 409. The molecular formula is C16H28N2O2S. The van der Waals surface area contributed by atoms with Gasteiger partial charge >= 0.3 is 0 Å². The summed E-state index contributed by atoms with van der Waals surface area (Å²) < 4.78 is 11.2. The average molecular weight is 312 g/mol. The van der Waals surface area contributed by atoms with Crippen LogP contribution in [0.4, 0.5) is 0 Å². The zero-order chi connectivity index (χ0) is 15.1. The van der Waals surface area contributed by atoms with Crippen molar-refractivity contribution in [2.24, 2.45) is 0 Å². The molecule has 0 bridgehead atoms. The predicted molar refractivity (Wildman–Crippen MR) is 86.9 cm³/mol. The van der Waals surface area contributed by atoms with Crippen molar-refractivity contribution in [1.29, 1.82) is 0 Å². The lowest BCUT2D eigenvalue weighted by atomic mass is 9.98. The highest BCUT2D eigenvalue weighted by atomic mass is 32.1. The maximum atomic E-state index is 5.64. The summed E-state index contributed by atoms with van der Waals surface area (Å²) in [4.78, 5) is 5.81. The van der Waals surface area contributed by atoms with Crippen LogP contribution in [-0.2, 0) is 21.4 Å². The highest BCUT2D eigenvalue weighted by molar-refractivity contribution is 7.11. The third-order valence-corrected chi connectivity index (χ3v) is 4.89. The van der Waals surface area contributed by atoms with Crippen molar-refractivity contribution in [3.8, 4) is 0 Å². The fourth-order valence-corrected chi connectivity index (χ4v) is 3.18. The fourth-order valence-electron chi connectivity index (χ4n) is 2.24. The average Bonchev–Trinajstić information content (AvgIpc) is 3.07. The third-order valence-electron chi connectivity index (χ3n) is 3.46. The van der Waals surface area contributed by atoms with Crippen molar-refractivity contribution in [1.82, 2.24) is 10.3 Å². The number of thiazole rings is 1. The lowest BCUT2D eigenvalue weighted by Crippen LogP contribution is -2.18. The molecule has 1 unspecified atom stereocenters. The molecule has 0 aliphatic carbocycles. The number of nitrogens with one attached hydrogen (secondary N) is 1. The first-order valence-corrected chi connectivity index (χ1v) is 8.72. The van der Waals surface area contributed by atoms with Crippen LogP contribution in [0, 0.1) is 0 Å². The van der Waals surface area contributed by atoms with E-state index in [1.807, 2.05) is 6.20 Å². The molecule has 0 spiro atoms. The number of hydrogen-bond acceptors (Lipinski definition) is 5. The molecule has 0 aromatic carbocycles. The SMILES string of the molecule is CC(C)(C)c1ncc(CNCCCOCC2CCCO2)s1. The van der Waals surface area contributed by atoms with Gasteiger partial charge in [0, 0.05) is 36.2 Å². The molecule has 2 rings (SSSR count). The van der Waals surface area contributed by atoms with Crippen LogP contribution in [-0.4, -0.2) is 37.5 Å². The Morgan fingerprint density at radius 1 is 1.48 bits per heavy atom. The molecule has 1 saturated heterocycles. The topological polar surface area (TPSA) is 43.4 Å². The van der Waals surface area contributed by atoms with E-state index in [9.17, 15) is 0 Å². The quantitative estimate of drug-likeness (QED) is 0.749. The van der Waals surface area contributed by atoms with Crippen molar-refractivity contribution >= 4 is 11.3 Å². The Morgan fingerprint density at radius 2 is 2.33 bits per heavy atom. The van der Waals surface area contributed by atoms with Gasteiger partial charge in [-0.1, -0.05) is 20.8 Å². The van der Waals surface area contributed by atoms with Crippen LogP contribution < -0.4 is 5.32 Å².